The molecule has 5 nitrogen and oxygen atoms in total. The summed E-state index contributed by atoms with van der Waals surface area (Å²) in [6.45, 7) is 3.01. The first-order chi connectivity index (χ1) is 9.66. The molecule has 0 aliphatic carbocycles. The summed E-state index contributed by atoms with van der Waals surface area (Å²) in [5.41, 5.74) is 1.54. The second-order valence-electron chi connectivity index (χ2n) is 4.58. The van der Waals surface area contributed by atoms with Gasteiger partial charge in [-0.05, 0) is 37.1 Å². The molecular formula is C15H17N3O2. The zero-order valence-electron chi connectivity index (χ0n) is 11.4. The predicted molar refractivity (Wildman–Crippen MR) is 76.6 cm³/mol. The van der Waals surface area contributed by atoms with Gasteiger partial charge in [0.25, 0.3) is 11.5 Å². The topological polar surface area (TPSA) is 64.0 Å². The maximum Gasteiger partial charge on any atom is 0.251 e. The van der Waals surface area contributed by atoms with E-state index in [-0.39, 0.29) is 11.5 Å². The van der Waals surface area contributed by atoms with E-state index in [2.05, 4.69) is 10.3 Å². The number of carbonyl (C=O) groups is 1. The molecule has 0 saturated heterocycles. The van der Waals surface area contributed by atoms with Gasteiger partial charge in [-0.15, -0.1) is 0 Å². The molecule has 0 unspecified atom stereocenters. The van der Waals surface area contributed by atoms with Crippen molar-refractivity contribution in [2.75, 3.05) is 6.54 Å². The highest BCUT2D eigenvalue weighted by atomic mass is 16.1. The molecule has 0 aromatic carbocycles. The van der Waals surface area contributed by atoms with Crippen molar-refractivity contribution in [3.05, 3.63) is 64.3 Å². The molecule has 2 aromatic rings. The van der Waals surface area contributed by atoms with Crippen molar-refractivity contribution in [1.82, 2.24) is 14.9 Å². The summed E-state index contributed by atoms with van der Waals surface area (Å²) in [5.74, 6) is -0.122. The van der Waals surface area contributed by atoms with E-state index in [0.717, 1.165) is 5.56 Å². The van der Waals surface area contributed by atoms with Crippen LogP contribution in [0.5, 0.6) is 0 Å². The summed E-state index contributed by atoms with van der Waals surface area (Å²) in [6.07, 6.45) is 5.66. The number of hydrogen-bond acceptors (Lipinski definition) is 3. The summed E-state index contributed by atoms with van der Waals surface area (Å²) in [4.78, 5) is 27.3. The van der Waals surface area contributed by atoms with Gasteiger partial charge in [-0.1, -0.05) is 0 Å². The number of nitrogens with one attached hydrogen (secondary N) is 1. The number of rotatable bonds is 5. The Hall–Kier alpha value is -2.43. The Balaban J connectivity index is 1.79. The van der Waals surface area contributed by atoms with Crippen molar-refractivity contribution in [2.24, 2.45) is 0 Å². The Morgan fingerprint density at radius 1 is 1.30 bits per heavy atom. The lowest BCUT2D eigenvalue weighted by atomic mass is 10.2. The highest BCUT2D eigenvalue weighted by Gasteiger charge is 2.03. The molecule has 1 amide bonds. The van der Waals surface area contributed by atoms with E-state index in [1.54, 1.807) is 41.4 Å². The molecule has 0 radical (unpaired) electrons. The number of nitrogens with zero attached hydrogens (tertiary/aromatic N) is 2. The number of amides is 1. The molecule has 0 aliphatic rings. The SMILES string of the molecule is Cc1ccn(CCCNC(=O)c2ccncc2)c(=O)c1. The summed E-state index contributed by atoms with van der Waals surface area (Å²) in [6, 6.07) is 6.84. The van der Waals surface area contributed by atoms with Gasteiger partial charge in [0.15, 0.2) is 0 Å². The van der Waals surface area contributed by atoms with Crippen LogP contribution in [0.3, 0.4) is 0 Å². The van der Waals surface area contributed by atoms with E-state index in [0.29, 0.717) is 25.1 Å². The first kappa shape index (κ1) is 14.0. The van der Waals surface area contributed by atoms with Crippen LogP contribution in [0.15, 0.2) is 47.7 Å². The third-order valence-corrected chi connectivity index (χ3v) is 2.96. The molecule has 0 bridgehead atoms. The number of carbonyl (C=O) groups excluding carboxylic acids is 1. The maximum atomic E-state index is 11.8. The zero-order chi connectivity index (χ0) is 14.4. The second-order valence-corrected chi connectivity index (χ2v) is 4.58. The van der Waals surface area contributed by atoms with Crippen LogP contribution in [0.25, 0.3) is 0 Å². The molecule has 1 N–H and O–H groups in total. The van der Waals surface area contributed by atoms with Crippen molar-refractivity contribution in [1.29, 1.82) is 0 Å². The molecule has 5 heteroatoms. The van der Waals surface area contributed by atoms with Crippen LogP contribution in [0.2, 0.25) is 0 Å². The van der Waals surface area contributed by atoms with Crippen molar-refractivity contribution in [3.8, 4) is 0 Å². The average molecular weight is 271 g/mol. The minimum atomic E-state index is -0.122. The Kier molecular flexibility index (Phi) is 4.65. The standard InChI is InChI=1S/C15H17N3O2/c1-12-5-10-18(14(19)11-12)9-2-6-17-15(20)13-3-7-16-8-4-13/h3-5,7-8,10-11H,2,6,9H2,1H3,(H,17,20). The van der Waals surface area contributed by atoms with E-state index in [9.17, 15) is 9.59 Å². The monoisotopic (exact) mass is 271 g/mol. The third-order valence-electron chi connectivity index (χ3n) is 2.96. The minimum Gasteiger partial charge on any atom is -0.352 e. The number of pyridine rings is 2. The van der Waals surface area contributed by atoms with Crippen LogP contribution < -0.4 is 10.9 Å². The Bertz CT molecular complexity index is 635. The number of aromatic nitrogens is 2. The van der Waals surface area contributed by atoms with Crippen LogP contribution in [-0.2, 0) is 6.54 Å². The first-order valence-electron chi connectivity index (χ1n) is 6.52. The predicted octanol–water partition coefficient (Wildman–Crippen LogP) is 1.37. The quantitative estimate of drug-likeness (QED) is 0.835. The molecule has 0 aliphatic heterocycles. The van der Waals surface area contributed by atoms with Crippen LogP contribution in [0.4, 0.5) is 0 Å². The van der Waals surface area contributed by atoms with E-state index in [1.165, 1.54) is 0 Å². The summed E-state index contributed by atoms with van der Waals surface area (Å²) in [5, 5.41) is 2.82. The fraction of sp³-hybridized carbons (Fsp3) is 0.267. The Labute approximate surface area is 117 Å². The number of hydrogen-bond donors (Lipinski definition) is 1. The fourth-order valence-electron chi connectivity index (χ4n) is 1.85. The molecule has 104 valence electrons. The smallest absolute Gasteiger partial charge is 0.251 e. The molecule has 0 saturated carbocycles. The number of aryl methyl sites for hydroxylation is 2. The molecule has 20 heavy (non-hydrogen) atoms. The Morgan fingerprint density at radius 3 is 2.75 bits per heavy atom. The van der Waals surface area contributed by atoms with Crippen LogP contribution in [0.1, 0.15) is 22.3 Å². The lowest BCUT2D eigenvalue weighted by molar-refractivity contribution is 0.0952. The van der Waals surface area contributed by atoms with Gasteiger partial charge in [-0.3, -0.25) is 14.6 Å². The highest BCUT2D eigenvalue weighted by molar-refractivity contribution is 5.93. The van der Waals surface area contributed by atoms with Crippen molar-refractivity contribution in [2.45, 2.75) is 19.9 Å². The van der Waals surface area contributed by atoms with Gasteiger partial charge in [0.05, 0.1) is 0 Å². The van der Waals surface area contributed by atoms with Gasteiger partial charge >= 0.3 is 0 Å². The van der Waals surface area contributed by atoms with Crippen molar-refractivity contribution >= 4 is 5.91 Å². The van der Waals surface area contributed by atoms with E-state index in [4.69, 9.17) is 0 Å². The van der Waals surface area contributed by atoms with E-state index >= 15 is 0 Å². The van der Waals surface area contributed by atoms with Crippen LogP contribution in [0, 0.1) is 6.92 Å². The molecular weight excluding hydrogens is 254 g/mol. The van der Waals surface area contributed by atoms with Gasteiger partial charge in [0, 0.05) is 43.3 Å². The lowest BCUT2D eigenvalue weighted by Crippen LogP contribution is -2.26. The average Bonchev–Trinajstić information content (AvgIpc) is 2.46. The normalized spacial score (nSPS) is 10.2. The van der Waals surface area contributed by atoms with Gasteiger partial charge in [-0.2, -0.15) is 0 Å². The highest BCUT2D eigenvalue weighted by Crippen LogP contribution is 1.96. The van der Waals surface area contributed by atoms with E-state index < -0.39 is 0 Å². The molecule has 2 aromatic heterocycles. The lowest BCUT2D eigenvalue weighted by Gasteiger charge is -2.07. The summed E-state index contributed by atoms with van der Waals surface area (Å²) < 4.78 is 1.64. The fourth-order valence-corrected chi connectivity index (χ4v) is 1.85. The van der Waals surface area contributed by atoms with Gasteiger partial charge in [-0.25, -0.2) is 0 Å². The maximum absolute atomic E-state index is 11.8. The van der Waals surface area contributed by atoms with Gasteiger partial charge < -0.3 is 9.88 Å². The molecule has 0 fully saturated rings. The van der Waals surface area contributed by atoms with Crippen molar-refractivity contribution in [3.63, 3.8) is 0 Å². The van der Waals surface area contributed by atoms with Crippen molar-refractivity contribution < 1.29 is 4.79 Å². The third kappa shape index (κ3) is 3.78. The van der Waals surface area contributed by atoms with Crippen LogP contribution in [-0.4, -0.2) is 22.0 Å². The second kappa shape index (κ2) is 6.65. The molecule has 0 spiro atoms. The van der Waals surface area contributed by atoms with E-state index in [1.807, 2.05) is 13.0 Å². The summed E-state index contributed by atoms with van der Waals surface area (Å²) in [7, 11) is 0. The minimum absolute atomic E-state index is 0.00883. The van der Waals surface area contributed by atoms with Gasteiger partial charge in [0.1, 0.15) is 0 Å². The molecule has 2 rings (SSSR count). The summed E-state index contributed by atoms with van der Waals surface area (Å²) >= 11 is 0. The Morgan fingerprint density at radius 2 is 2.05 bits per heavy atom. The van der Waals surface area contributed by atoms with Crippen LogP contribution >= 0.6 is 0 Å². The first-order valence-corrected chi connectivity index (χ1v) is 6.52. The van der Waals surface area contributed by atoms with Gasteiger partial charge in [0.2, 0.25) is 0 Å². The molecule has 0 atom stereocenters. The largest absolute Gasteiger partial charge is 0.352 e. The zero-order valence-corrected chi connectivity index (χ0v) is 11.4. The molecule has 2 heterocycles.